The molecule has 0 fully saturated rings. The van der Waals surface area contributed by atoms with Gasteiger partial charge in [-0.25, -0.2) is 0 Å². The maximum atomic E-state index is 2.48. The van der Waals surface area contributed by atoms with Gasteiger partial charge in [0, 0.05) is 17.1 Å². The Bertz CT molecular complexity index is 3840. The Hall–Kier alpha value is -8.78. The quantitative estimate of drug-likeness (QED) is 0.151. The van der Waals surface area contributed by atoms with E-state index in [-0.39, 0.29) is 0 Å². The van der Waals surface area contributed by atoms with E-state index >= 15 is 0 Å². The highest BCUT2D eigenvalue weighted by molar-refractivity contribution is 6.25. The smallest absolute Gasteiger partial charge is 0.0726 e. The predicted octanol–water partition coefficient (Wildman–Crippen LogP) is 18.0. The Morgan fingerprint density at radius 3 is 1.04 bits per heavy atom. The lowest BCUT2D eigenvalue weighted by atomic mass is 9.70. The second-order valence-electron chi connectivity index (χ2n) is 18.3. The lowest BCUT2D eigenvalue weighted by Gasteiger charge is -2.32. The van der Waals surface area contributed by atoms with Crippen molar-refractivity contribution >= 4 is 49.4 Å². The normalized spacial score (nSPS) is 12.8. The van der Waals surface area contributed by atoms with Crippen molar-refractivity contribution in [2.75, 3.05) is 4.90 Å². The van der Waals surface area contributed by atoms with Gasteiger partial charge in [0.05, 0.1) is 5.41 Å². The van der Waals surface area contributed by atoms with Crippen LogP contribution < -0.4 is 4.90 Å². The summed E-state index contributed by atoms with van der Waals surface area (Å²) in [5.74, 6) is 0. The van der Waals surface area contributed by atoms with Crippen LogP contribution in [0.5, 0.6) is 0 Å². The van der Waals surface area contributed by atoms with Gasteiger partial charge in [-0.3, -0.25) is 0 Å². The second-order valence-corrected chi connectivity index (χ2v) is 18.3. The van der Waals surface area contributed by atoms with E-state index in [1.165, 1.54) is 110 Å². The van der Waals surface area contributed by atoms with E-state index < -0.39 is 5.41 Å². The van der Waals surface area contributed by atoms with Crippen molar-refractivity contribution in [3.8, 4) is 55.6 Å². The third kappa shape index (κ3) is 5.69. The fraction of sp³-hybridized carbons (Fsp3) is 0.0149. The third-order valence-corrected chi connectivity index (χ3v) is 14.9. The molecule has 0 heterocycles. The van der Waals surface area contributed by atoms with Gasteiger partial charge in [-0.15, -0.1) is 0 Å². The summed E-state index contributed by atoms with van der Waals surface area (Å²) >= 11 is 0. The number of hydrogen-bond donors (Lipinski definition) is 0. The van der Waals surface area contributed by atoms with Gasteiger partial charge in [0.15, 0.2) is 0 Å². The zero-order valence-corrected chi connectivity index (χ0v) is 37.3. The van der Waals surface area contributed by atoms with E-state index in [9.17, 15) is 0 Å². The standard InChI is InChI=1S/C67H43N/c1-2-14-44(15-3-1)45-26-28-46(29-27-45)47-30-35-50(36-31-47)68(51-37-32-48(33-38-51)49-34-40-57-55-18-5-4-16-53(55)54-17-6-7-19-56(54)62(57)42-49)52-39-41-61-60-22-10-13-25-65(60)67(66(61)43-52)63-23-11-8-20-58(63)59-21-9-12-24-64(59)67/h1-43H. The van der Waals surface area contributed by atoms with Crippen LogP contribution in [0.3, 0.4) is 0 Å². The SMILES string of the molecule is c1ccc(-c2ccc(-c3ccc(N(c4ccc(-c5ccc6c7ccccc7c7ccccc7c6c5)cc4)c4ccc5c(c4)C4(c6ccccc6-c6ccccc64)c4ccccc4-5)cc3)cc2)cc1. The van der Waals surface area contributed by atoms with Crippen molar-refractivity contribution in [2.24, 2.45) is 0 Å². The summed E-state index contributed by atoms with van der Waals surface area (Å²) in [6.45, 7) is 0. The lowest BCUT2D eigenvalue weighted by molar-refractivity contribution is 0.793. The highest BCUT2D eigenvalue weighted by atomic mass is 15.1. The first-order valence-electron chi connectivity index (χ1n) is 23.7. The van der Waals surface area contributed by atoms with Crippen LogP contribution >= 0.6 is 0 Å². The average molecular weight is 862 g/mol. The molecule has 1 nitrogen and oxygen atoms in total. The van der Waals surface area contributed by atoms with Crippen molar-refractivity contribution in [1.29, 1.82) is 0 Å². The van der Waals surface area contributed by atoms with Crippen LogP contribution in [-0.2, 0) is 5.41 Å². The Balaban J connectivity index is 0.916. The van der Waals surface area contributed by atoms with Crippen LogP contribution in [0.4, 0.5) is 17.1 Å². The van der Waals surface area contributed by atoms with Gasteiger partial charge in [-0.2, -0.15) is 0 Å². The number of benzene rings is 12. The third-order valence-electron chi connectivity index (χ3n) is 14.9. The summed E-state index contributed by atoms with van der Waals surface area (Å²) in [7, 11) is 0. The molecule has 2 aliphatic rings. The average Bonchev–Trinajstić information content (AvgIpc) is 3.89. The van der Waals surface area contributed by atoms with Crippen LogP contribution in [0.2, 0.25) is 0 Å². The highest BCUT2D eigenvalue weighted by Crippen LogP contribution is 2.63. The zero-order valence-electron chi connectivity index (χ0n) is 37.3. The van der Waals surface area contributed by atoms with Crippen molar-refractivity contribution in [3.63, 3.8) is 0 Å². The van der Waals surface area contributed by atoms with Crippen LogP contribution in [0, 0.1) is 0 Å². The Kier molecular flexibility index (Phi) is 8.57. The van der Waals surface area contributed by atoms with Gasteiger partial charge in [0.25, 0.3) is 0 Å². The minimum absolute atomic E-state index is 0.438. The van der Waals surface area contributed by atoms with Gasteiger partial charge in [-0.1, -0.05) is 218 Å². The van der Waals surface area contributed by atoms with Gasteiger partial charge < -0.3 is 4.90 Å². The molecule has 68 heavy (non-hydrogen) atoms. The molecule has 14 rings (SSSR count). The number of fused-ring (bicyclic) bond motifs is 16. The van der Waals surface area contributed by atoms with Crippen molar-refractivity contribution < 1.29 is 0 Å². The molecule has 0 aromatic heterocycles. The van der Waals surface area contributed by atoms with E-state index in [0.29, 0.717) is 0 Å². The first kappa shape index (κ1) is 38.5. The van der Waals surface area contributed by atoms with Gasteiger partial charge >= 0.3 is 0 Å². The fourth-order valence-corrected chi connectivity index (χ4v) is 11.8. The molecule has 0 saturated carbocycles. The summed E-state index contributed by atoms with van der Waals surface area (Å²) in [6, 6.07) is 96.8. The van der Waals surface area contributed by atoms with Crippen molar-refractivity contribution in [1.82, 2.24) is 0 Å². The summed E-state index contributed by atoms with van der Waals surface area (Å²) in [4.78, 5) is 2.44. The van der Waals surface area contributed by atoms with Gasteiger partial charge in [-0.05, 0) is 153 Å². The maximum absolute atomic E-state index is 2.48. The molecule has 0 N–H and O–H groups in total. The van der Waals surface area contributed by atoms with Crippen LogP contribution in [0.25, 0.3) is 88.0 Å². The van der Waals surface area contributed by atoms with E-state index in [0.717, 1.165) is 17.1 Å². The fourth-order valence-electron chi connectivity index (χ4n) is 11.8. The number of anilines is 3. The number of rotatable bonds is 6. The van der Waals surface area contributed by atoms with E-state index in [4.69, 9.17) is 0 Å². The largest absolute Gasteiger partial charge is 0.310 e. The van der Waals surface area contributed by atoms with Gasteiger partial charge in [0.1, 0.15) is 0 Å². The minimum Gasteiger partial charge on any atom is -0.310 e. The summed E-state index contributed by atoms with van der Waals surface area (Å²) in [5, 5.41) is 7.72. The number of nitrogens with zero attached hydrogens (tertiary/aromatic N) is 1. The molecule has 0 saturated heterocycles. The minimum atomic E-state index is -0.438. The molecule has 1 spiro atoms. The van der Waals surface area contributed by atoms with Crippen molar-refractivity contribution in [2.45, 2.75) is 5.41 Å². The summed E-state index contributed by atoms with van der Waals surface area (Å²) < 4.78 is 0. The summed E-state index contributed by atoms with van der Waals surface area (Å²) in [6.07, 6.45) is 0. The first-order chi connectivity index (χ1) is 33.7. The number of hydrogen-bond acceptors (Lipinski definition) is 1. The zero-order chi connectivity index (χ0) is 44.8. The lowest BCUT2D eigenvalue weighted by Crippen LogP contribution is -2.26. The topological polar surface area (TPSA) is 3.24 Å². The molecule has 12 aromatic carbocycles. The van der Waals surface area contributed by atoms with Crippen molar-refractivity contribution in [3.05, 3.63) is 283 Å². The summed E-state index contributed by atoms with van der Waals surface area (Å²) in [5.41, 5.74) is 20.7. The molecule has 316 valence electrons. The Labute approximate surface area is 396 Å². The molecular weight excluding hydrogens is 819 g/mol. The maximum Gasteiger partial charge on any atom is 0.0726 e. The molecular formula is C67H43N. The molecule has 2 aliphatic carbocycles. The first-order valence-corrected chi connectivity index (χ1v) is 23.7. The van der Waals surface area contributed by atoms with Crippen LogP contribution in [-0.4, -0.2) is 0 Å². The monoisotopic (exact) mass is 861 g/mol. The molecule has 0 bridgehead atoms. The molecule has 0 radical (unpaired) electrons. The molecule has 0 amide bonds. The van der Waals surface area contributed by atoms with Crippen LogP contribution in [0.15, 0.2) is 261 Å². The highest BCUT2D eigenvalue weighted by Gasteiger charge is 2.51. The van der Waals surface area contributed by atoms with E-state index in [2.05, 4.69) is 266 Å². The second kappa shape index (κ2) is 15.1. The van der Waals surface area contributed by atoms with Gasteiger partial charge in [0.2, 0.25) is 0 Å². The molecule has 12 aromatic rings. The van der Waals surface area contributed by atoms with Crippen LogP contribution in [0.1, 0.15) is 22.3 Å². The predicted molar refractivity (Wildman–Crippen MR) is 286 cm³/mol. The molecule has 0 atom stereocenters. The Morgan fingerprint density at radius 2 is 0.544 bits per heavy atom. The molecule has 0 aliphatic heterocycles. The Morgan fingerprint density at radius 1 is 0.206 bits per heavy atom. The molecule has 0 unspecified atom stereocenters. The molecule has 1 heteroatoms. The van der Waals surface area contributed by atoms with E-state index in [1.54, 1.807) is 0 Å². The van der Waals surface area contributed by atoms with E-state index in [1.807, 2.05) is 0 Å².